The van der Waals surface area contributed by atoms with Gasteiger partial charge in [-0.1, -0.05) is 0 Å². The fraction of sp³-hybridized carbons (Fsp3) is 0.528. The van der Waals surface area contributed by atoms with Gasteiger partial charge in [0, 0.05) is 66.8 Å². The number of morpholine rings is 1. The number of rotatable bonds is 7. The minimum atomic E-state index is -0.365. The van der Waals surface area contributed by atoms with Crippen LogP contribution in [0.5, 0.6) is 0 Å². The zero-order valence-corrected chi connectivity index (χ0v) is 28.4. The minimum absolute atomic E-state index is 0.0298. The number of ether oxygens (including phenoxy) is 1. The summed E-state index contributed by atoms with van der Waals surface area (Å²) in [5.41, 5.74) is 2.73. The molecule has 0 saturated carbocycles. The van der Waals surface area contributed by atoms with Gasteiger partial charge in [0.15, 0.2) is 5.82 Å². The van der Waals surface area contributed by atoms with Gasteiger partial charge in [-0.05, 0) is 115 Å². The Bertz CT molecular complexity index is 1590. The number of likely N-dealkylation sites (tertiary alicyclic amines) is 1. The van der Waals surface area contributed by atoms with Gasteiger partial charge in [0.2, 0.25) is 11.9 Å². The van der Waals surface area contributed by atoms with Crippen molar-refractivity contribution in [2.24, 2.45) is 0 Å². The van der Waals surface area contributed by atoms with Crippen LogP contribution in [-0.4, -0.2) is 107 Å². The molecular weight excluding hydrogens is 606 g/mol. The Balaban J connectivity index is 1.00. The Morgan fingerprint density at radius 3 is 1.90 bits per heavy atom. The van der Waals surface area contributed by atoms with Crippen LogP contribution in [0.4, 0.5) is 28.1 Å². The molecule has 4 fully saturated rings. The predicted octanol–water partition coefficient (Wildman–Crippen LogP) is 5.09. The first-order valence-corrected chi connectivity index (χ1v) is 17.4. The number of piperidine rings is 1. The van der Waals surface area contributed by atoms with Crippen LogP contribution >= 0.6 is 0 Å². The summed E-state index contributed by atoms with van der Waals surface area (Å²) < 4.78 is 6.08. The zero-order chi connectivity index (χ0) is 33.4. The number of benzene rings is 2. The van der Waals surface area contributed by atoms with E-state index in [1.807, 2.05) is 29.2 Å². The van der Waals surface area contributed by atoms with E-state index >= 15 is 0 Å². The number of aromatic nitrogens is 3. The fourth-order valence-corrected chi connectivity index (χ4v) is 7.57. The van der Waals surface area contributed by atoms with Crippen LogP contribution in [0, 0.1) is 0 Å². The van der Waals surface area contributed by atoms with Crippen molar-refractivity contribution in [2.45, 2.75) is 82.7 Å². The summed E-state index contributed by atoms with van der Waals surface area (Å²) in [7, 11) is 4.18. The molecule has 12 nitrogen and oxygen atoms in total. The fourth-order valence-electron chi connectivity index (χ4n) is 7.57. The number of hydrogen-bond acceptors (Lipinski definition) is 9. The van der Waals surface area contributed by atoms with E-state index < -0.39 is 0 Å². The molecule has 1 aromatic heterocycles. The molecule has 0 radical (unpaired) electrons. The van der Waals surface area contributed by atoms with Crippen LogP contribution in [0.25, 0.3) is 11.4 Å². The van der Waals surface area contributed by atoms with E-state index in [2.05, 4.69) is 53.3 Å². The maximum atomic E-state index is 13.0. The molecule has 4 unspecified atom stereocenters. The van der Waals surface area contributed by atoms with Gasteiger partial charge in [-0.2, -0.15) is 15.0 Å². The van der Waals surface area contributed by atoms with Crippen molar-refractivity contribution in [1.82, 2.24) is 24.8 Å². The third-order valence-electron chi connectivity index (χ3n) is 10.4. The maximum Gasteiger partial charge on any atom is 0.323 e. The van der Waals surface area contributed by atoms with Crippen molar-refractivity contribution < 1.29 is 14.3 Å². The van der Waals surface area contributed by atoms with Crippen LogP contribution < -0.4 is 20.4 Å². The van der Waals surface area contributed by atoms with Crippen LogP contribution in [-0.2, 0) is 4.74 Å². The summed E-state index contributed by atoms with van der Waals surface area (Å²) in [5.74, 6) is 2.06. The molecule has 48 heavy (non-hydrogen) atoms. The average Bonchev–Trinajstić information content (AvgIpc) is 3.62. The standard InChI is InChI=1S/C36H47N9O3/c1-23-5-6-24(2)45(23)35-40-32(39-34(41-35)44-21-30-15-16-31(22-44)48-30)25-7-11-27(12-8-25)37-36(47)38-28-13-9-26(10-14-28)33(46)43-19-17-29(18-20-43)42(3)4/h7-14,23-24,29-31H,5-6,15-22H2,1-4H3,(H2,37,38,47). The first-order chi connectivity index (χ1) is 23.2. The highest BCUT2D eigenvalue weighted by Gasteiger charge is 2.36. The normalized spacial score (nSPS) is 24.3. The Labute approximate surface area is 282 Å². The number of carbonyl (C=O) groups is 2. The molecule has 0 aliphatic carbocycles. The van der Waals surface area contributed by atoms with E-state index in [0.29, 0.717) is 46.8 Å². The van der Waals surface area contributed by atoms with Crippen molar-refractivity contribution in [3.05, 3.63) is 54.1 Å². The summed E-state index contributed by atoms with van der Waals surface area (Å²) in [6, 6.07) is 15.5. The monoisotopic (exact) mass is 653 g/mol. The largest absolute Gasteiger partial charge is 0.371 e. The molecule has 3 amide bonds. The molecule has 254 valence electrons. The van der Waals surface area contributed by atoms with Crippen molar-refractivity contribution in [2.75, 3.05) is 60.7 Å². The van der Waals surface area contributed by atoms with Gasteiger partial charge in [0.05, 0.1) is 12.2 Å². The van der Waals surface area contributed by atoms with E-state index in [1.54, 1.807) is 24.3 Å². The Morgan fingerprint density at radius 2 is 1.31 bits per heavy atom. The number of nitrogens with zero attached hydrogens (tertiary/aromatic N) is 7. The summed E-state index contributed by atoms with van der Waals surface area (Å²) in [5, 5.41) is 5.78. The van der Waals surface area contributed by atoms with Gasteiger partial charge in [-0.25, -0.2) is 4.79 Å². The van der Waals surface area contributed by atoms with Gasteiger partial charge < -0.3 is 35.0 Å². The first kappa shape index (κ1) is 32.3. The van der Waals surface area contributed by atoms with Crippen LogP contribution in [0.15, 0.2) is 48.5 Å². The molecule has 2 bridgehead atoms. The molecule has 5 heterocycles. The maximum absolute atomic E-state index is 13.0. The second kappa shape index (κ2) is 13.7. The Morgan fingerprint density at radius 1 is 0.750 bits per heavy atom. The molecule has 4 atom stereocenters. The minimum Gasteiger partial charge on any atom is -0.371 e. The van der Waals surface area contributed by atoms with Crippen LogP contribution in [0.3, 0.4) is 0 Å². The summed E-state index contributed by atoms with van der Waals surface area (Å²) in [6.45, 7) is 7.55. The van der Waals surface area contributed by atoms with Gasteiger partial charge in [-0.3, -0.25) is 4.79 Å². The summed E-state index contributed by atoms with van der Waals surface area (Å²) in [4.78, 5) is 49.5. The summed E-state index contributed by atoms with van der Waals surface area (Å²) in [6.07, 6.45) is 6.79. The van der Waals surface area contributed by atoms with Gasteiger partial charge in [0.1, 0.15) is 0 Å². The smallest absolute Gasteiger partial charge is 0.323 e. The zero-order valence-electron chi connectivity index (χ0n) is 28.4. The van der Waals surface area contributed by atoms with Crippen molar-refractivity contribution in [3.63, 3.8) is 0 Å². The second-order valence-corrected chi connectivity index (χ2v) is 14.0. The van der Waals surface area contributed by atoms with Crippen molar-refractivity contribution in [3.8, 4) is 11.4 Å². The van der Waals surface area contributed by atoms with Crippen LogP contribution in [0.1, 0.15) is 62.7 Å². The van der Waals surface area contributed by atoms with E-state index in [4.69, 9.17) is 19.7 Å². The topological polar surface area (TPSA) is 119 Å². The van der Waals surface area contributed by atoms with Crippen molar-refractivity contribution in [1.29, 1.82) is 0 Å². The van der Waals surface area contributed by atoms with Crippen molar-refractivity contribution >= 4 is 35.2 Å². The van der Waals surface area contributed by atoms with Gasteiger partial charge in [0.25, 0.3) is 5.91 Å². The highest BCUT2D eigenvalue weighted by molar-refractivity contribution is 6.00. The lowest BCUT2D eigenvalue weighted by atomic mass is 10.0. The SMILES string of the molecule is CC1CCC(C)N1c1nc(-c2ccc(NC(=O)Nc3ccc(C(=O)N4CCC(N(C)C)CC4)cc3)cc2)nc(N2CC3CCC(C2)O3)n1. The van der Waals surface area contributed by atoms with E-state index in [1.165, 1.54) is 0 Å². The Hall–Kier alpha value is -4.29. The lowest BCUT2D eigenvalue weighted by Gasteiger charge is -2.35. The average molecular weight is 654 g/mol. The number of urea groups is 1. The van der Waals surface area contributed by atoms with E-state index in [9.17, 15) is 9.59 Å². The molecule has 0 spiro atoms. The molecular formula is C36H47N9O3. The second-order valence-electron chi connectivity index (χ2n) is 14.0. The molecule has 2 aromatic carbocycles. The first-order valence-electron chi connectivity index (χ1n) is 17.4. The molecule has 3 aromatic rings. The molecule has 2 N–H and O–H groups in total. The predicted molar refractivity (Wildman–Crippen MR) is 188 cm³/mol. The number of hydrogen-bond donors (Lipinski definition) is 2. The Kier molecular flexibility index (Phi) is 9.19. The molecule has 12 heteroatoms. The summed E-state index contributed by atoms with van der Waals surface area (Å²) >= 11 is 0. The number of fused-ring (bicyclic) bond motifs is 2. The lowest BCUT2D eigenvalue weighted by molar-refractivity contribution is 0.0299. The molecule has 7 rings (SSSR count). The lowest BCUT2D eigenvalue weighted by Crippen LogP contribution is -2.44. The number of anilines is 4. The number of nitrogens with one attached hydrogen (secondary N) is 2. The molecule has 4 saturated heterocycles. The van der Waals surface area contributed by atoms with Gasteiger partial charge in [-0.15, -0.1) is 0 Å². The number of carbonyl (C=O) groups excluding carboxylic acids is 2. The third kappa shape index (κ3) is 6.95. The highest BCUT2D eigenvalue weighted by Crippen LogP contribution is 2.33. The van der Waals surface area contributed by atoms with E-state index in [0.717, 1.165) is 76.2 Å². The quantitative estimate of drug-likeness (QED) is 0.359. The number of amides is 3. The third-order valence-corrected chi connectivity index (χ3v) is 10.4. The molecule has 4 aliphatic rings. The van der Waals surface area contributed by atoms with Crippen LogP contribution in [0.2, 0.25) is 0 Å². The van der Waals surface area contributed by atoms with E-state index in [-0.39, 0.29) is 24.1 Å². The highest BCUT2D eigenvalue weighted by atomic mass is 16.5. The van der Waals surface area contributed by atoms with Gasteiger partial charge >= 0.3 is 6.03 Å². The molecule has 4 aliphatic heterocycles.